The number of nitrogens with zero attached hydrogens (tertiary/aromatic N) is 5. The molecule has 0 spiro atoms. The topological polar surface area (TPSA) is 99.0 Å². The lowest BCUT2D eigenvalue weighted by Crippen LogP contribution is -2.27. The van der Waals surface area contributed by atoms with Crippen molar-refractivity contribution in [3.05, 3.63) is 48.2 Å². The maximum atomic E-state index is 5.68. The number of aryl methyl sites for hydroxylation is 2. The van der Waals surface area contributed by atoms with Gasteiger partial charge in [0.15, 0.2) is 5.82 Å². The molecular formula is C26H31N7O2. The van der Waals surface area contributed by atoms with E-state index in [0.717, 1.165) is 71.4 Å². The van der Waals surface area contributed by atoms with Gasteiger partial charge in [0.25, 0.3) is 0 Å². The van der Waals surface area contributed by atoms with Gasteiger partial charge in [-0.3, -0.25) is 0 Å². The second-order valence-corrected chi connectivity index (χ2v) is 9.50. The van der Waals surface area contributed by atoms with E-state index in [4.69, 9.17) is 19.4 Å². The molecule has 4 aromatic rings. The number of benzene rings is 1. The lowest BCUT2D eigenvalue weighted by molar-refractivity contribution is 0.164. The molecule has 4 heterocycles. The number of anilines is 3. The molecule has 5 rings (SSSR count). The van der Waals surface area contributed by atoms with E-state index in [-0.39, 0.29) is 5.41 Å². The van der Waals surface area contributed by atoms with Crippen LogP contribution in [0.1, 0.15) is 24.9 Å². The minimum atomic E-state index is 0.0907. The fraction of sp³-hybridized carbons (Fsp3) is 0.385. The van der Waals surface area contributed by atoms with Crippen molar-refractivity contribution in [2.24, 2.45) is 12.5 Å². The first-order chi connectivity index (χ1) is 16.8. The highest BCUT2D eigenvalue weighted by molar-refractivity contribution is 5.89. The van der Waals surface area contributed by atoms with E-state index < -0.39 is 0 Å². The zero-order valence-electron chi connectivity index (χ0n) is 20.8. The van der Waals surface area contributed by atoms with Gasteiger partial charge in [-0.15, -0.1) is 0 Å². The summed E-state index contributed by atoms with van der Waals surface area (Å²) in [5, 5.41) is 7.77. The minimum absolute atomic E-state index is 0.0907. The molecule has 1 unspecified atom stereocenters. The summed E-state index contributed by atoms with van der Waals surface area (Å²) in [6.07, 6.45) is 4.72. The zero-order chi connectivity index (χ0) is 24.6. The molecule has 1 aliphatic heterocycles. The zero-order valence-corrected chi connectivity index (χ0v) is 20.8. The Hall–Kier alpha value is -3.72. The number of hydrogen-bond acceptors (Lipinski definition) is 8. The molecule has 1 fully saturated rings. The third kappa shape index (κ3) is 4.64. The predicted octanol–water partition coefficient (Wildman–Crippen LogP) is 4.63. The molecule has 35 heavy (non-hydrogen) atoms. The Labute approximate surface area is 204 Å². The molecule has 2 N–H and O–H groups in total. The largest absolute Gasteiger partial charge is 0.495 e. The Morgan fingerprint density at radius 3 is 2.71 bits per heavy atom. The highest BCUT2D eigenvalue weighted by atomic mass is 16.5. The number of pyridine rings is 1. The number of fused-ring (bicyclic) bond motifs is 1. The van der Waals surface area contributed by atoms with Crippen LogP contribution in [0, 0.1) is 19.3 Å². The van der Waals surface area contributed by atoms with Crippen LogP contribution in [0.5, 0.6) is 5.75 Å². The second kappa shape index (κ2) is 9.14. The summed E-state index contributed by atoms with van der Waals surface area (Å²) >= 11 is 0. The van der Waals surface area contributed by atoms with Crippen LogP contribution in [0.3, 0.4) is 0 Å². The smallest absolute Gasteiger partial charge is 0.227 e. The van der Waals surface area contributed by atoms with E-state index in [2.05, 4.69) is 32.1 Å². The van der Waals surface area contributed by atoms with Gasteiger partial charge in [-0.05, 0) is 38.5 Å². The minimum Gasteiger partial charge on any atom is -0.495 e. The number of aromatic nitrogens is 5. The second-order valence-electron chi connectivity index (χ2n) is 9.50. The lowest BCUT2D eigenvalue weighted by Gasteiger charge is -2.22. The summed E-state index contributed by atoms with van der Waals surface area (Å²) in [7, 11) is 3.66. The number of imidazole rings is 1. The first-order valence-corrected chi connectivity index (χ1v) is 11.7. The van der Waals surface area contributed by atoms with Gasteiger partial charge >= 0.3 is 0 Å². The molecule has 9 heteroatoms. The number of hydrogen-bond donors (Lipinski definition) is 2. The lowest BCUT2D eigenvalue weighted by atomic mass is 9.90. The summed E-state index contributed by atoms with van der Waals surface area (Å²) in [4.78, 5) is 18.5. The van der Waals surface area contributed by atoms with Crippen molar-refractivity contribution in [2.75, 3.05) is 37.5 Å². The van der Waals surface area contributed by atoms with Gasteiger partial charge in [-0.1, -0.05) is 13.0 Å². The van der Waals surface area contributed by atoms with Gasteiger partial charge in [0.2, 0.25) is 5.95 Å². The Morgan fingerprint density at radius 1 is 1.14 bits per heavy atom. The van der Waals surface area contributed by atoms with E-state index >= 15 is 0 Å². The molecule has 0 amide bonds. The van der Waals surface area contributed by atoms with Crippen molar-refractivity contribution in [1.82, 2.24) is 24.5 Å². The quantitative estimate of drug-likeness (QED) is 0.401. The van der Waals surface area contributed by atoms with E-state index in [1.54, 1.807) is 7.11 Å². The average Bonchev–Trinajstić information content (AvgIpc) is 3.43. The van der Waals surface area contributed by atoms with E-state index in [0.29, 0.717) is 11.7 Å². The number of methoxy groups -OCH3 is 1. The third-order valence-corrected chi connectivity index (χ3v) is 6.64. The number of nitrogens with one attached hydrogen (secondary N) is 2. The molecule has 0 aliphatic carbocycles. The highest BCUT2D eigenvalue weighted by Gasteiger charge is 2.29. The van der Waals surface area contributed by atoms with Gasteiger partial charge in [-0.25, -0.2) is 19.9 Å². The van der Waals surface area contributed by atoms with Crippen molar-refractivity contribution in [3.8, 4) is 17.0 Å². The van der Waals surface area contributed by atoms with Crippen molar-refractivity contribution >= 4 is 28.4 Å². The SMILES string of the molecule is COc1cc(-c2cnc(C)n2C)ccc1Nc1ncc2cc(C)nc(NCC3(C)CCOC3)c2n1. The molecule has 1 aliphatic rings. The molecule has 0 bridgehead atoms. The third-order valence-electron chi connectivity index (χ3n) is 6.64. The van der Waals surface area contributed by atoms with Crippen LogP contribution >= 0.6 is 0 Å². The van der Waals surface area contributed by atoms with Crippen molar-refractivity contribution < 1.29 is 9.47 Å². The van der Waals surface area contributed by atoms with Crippen LogP contribution in [-0.4, -0.2) is 51.4 Å². The van der Waals surface area contributed by atoms with E-state index in [1.807, 2.05) is 57.6 Å². The molecule has 0 radical (unpaired) electrons. The van der Waals surface area contributed by atoms with Crippen LogP contribution in [0.2, 0.25) is 0 Å². The summed E-state index contributed by atoms with van der Waals surface area (Å²) in [6, 6.07) is 7.99. The maximum absolute atomic E-state index is 5.68. The summed E-state index contributed by atoms with van der Waals surface area (Å²) < 4.78 is 13.3. The van der Waals surface area contributed by atoms with E-state index in [9.17, 15) is 0 Å². The van der Waals surface area contributed by atoms with Crippen LogP contribution in [0.25, 0.3) is 22.2 Å². The molecule has 1 aromatic carbocycles. The van der Waals surface area contributed by atoms with Gasteiger partial charge in [-0.2, -0.15) is 0 Å². The summed E-state index contributed by atoms with van der Waals surface area (Å²) in [6.45, 7) is 8.52. The van der Waals surface area contributed by atoms with Gasteiger partial charge in [0.05, 0.1) is 31.3 Å². The van der Waals surface area contributed by atoms with Gasteiger partial charge in [0.1, 0.15) is 17.1 Å². The number of rotatable bonds is 7. The van der Waals surface area contributed by atoms with Crippen molar-refractivity contribution in [1.29, 1.82) is 0 Å². The normalized spacial score (nSPS) is 17.6. The summed E-state index contributed by atoms with van der Waals surface area (Å²) in [5.74, 6) is 2.88. The Bertz CT molecular complexity index is 1380. The molecule has 1 atom stereocenters. The molecular weight excluding hydrogens is 442 g/mol. The first-order valence-electron chi connectivity index (χ1n) is 11.7. The highest BCUT2D eigenvalue weighted by Crippen LogP contribution is 2.33. The Kier molecular flexibility index (Phi) is 6.02. The molecule has 9 nitrogen and oxygen atoms in total. The predicted molar refractivity (Wildman–Crippen MR) is 137 cm³/mol. The van der Waals surface area contributed by atoms with E-state index in [1.165, 1.54) is 0 Å². The molecule has 1 saturated heterocycles. The van der Waals surface area contributed by atoms with Gasteiger partial charge in [0, 0.05) is 48.5 Å². The average molecular weight is 474 g/mol. The van der Waals surface area contributed by atoms with Crippen LogP contribution in [-0.2, 0) is 11.8 Å². The van der Waals surface area contributed by atoms with Crippen molar-refractivity contribution in [3.63, 3.8) is 0 Å². The monoisotopic (exact) mass is 473 g/mol. The van der Waals surface area contributed by atoms with Crippen molar-refractivity contribution in [2.45, 2.75) is 27.2 Å². The molecule has 0 saturated carbocycles. The molecule has 182 valence electrons. The van der Waals surface area contributed by atoms with Crippen LogP contribution in [0.15, 0.2) is 36.7 Å². The number of ether oxygens (including phenoxy) is 2. The first kappa shape index (κ1) is 23.0. The Morgan fingerprint density at radius 2 is 2.00 bits per heavy atom. The summed E-state index contributed by atoms with van der Waals surface area (Å²) in [5.41, 5.74) is 4.60. The maximum Gasteiger partial charge on any atom is 0.227 e. The Balaban J connectivity index is 1.44. The van der Waals surface area contributed by atoms with Crippen LogP contribution in [0.4, 0.5) is 17.5 Å². The van der Waals surface area contributed by atoms with Crippen LogP contribution < -0.4 is 15.4 Å². The standard InChI is InChI=1S/C26H31N7O2/c1-16-10-19-12-28-25(32-23(19)24(30-16)29-14-26(3)8-9-35-15-26)31-20-7-6-18(11-22(20)34-5)21-13-27-17(2)33(21)4/h6-7,10-13H,8-9,14-15H2,1-5H3,(H,29,30)(H,28,31,32). The molecule has 3 aromatic heterocycles. The fourth-order valence-electron chi connectivity index (χ4n) is 4.35. The van der Waals surface area contributed by atoms with Gasteiger partial charge < -0.3 is 24.7 Å². The fourth-order valence-corrected chi connectivity index (χ4v) is 4.35.